The first-order chi connectivity index (χ1) is 8.40. The number of hydrogen-bond donors (Lipinski definition) is 1. The summed E-state index contributed by atoms with van der Waals surface area (Å²) < 4.78 is 11.0. The summed E-state index contributed by atoms with van der Waals surface area (Å²) in [4.78, 5) is 0. The van der Waals surface area contributed by atoms with E-state index in [2.05, 4.69) is 10.5 Å². The molecule has 2 aromatic rings. The lowest BCUT2D eigenvalue weighted by Crippen LogP contribution is -2.04. The third kappa shape index (κ3) is 1.65. The lowest BCUT2D eigenvalue weighted by Gasteiger charge is -2.13. The predicted molar refractivity (Wildman–Crippen MR) is 65.3 cm³/mol. The normalized spacial score (nSPS) is 13.2. The zero-order valence-electron chi connectivity index (χ0n) is 9.69. The molecular weight excluding hydrogens is 216 g/mol. The Balaban J connectivity index is 2.17. The number of ether oxygens (including phenoxy) is 1. The minimum atomic E-state index is 0.654. The third-order valence-corrected chi connectivity index (χ3v) is 2.91. The van der Waals surface area contributed by atoms with E-state index >= 15 is 0 Å². The number of rotatable bonds is 2. The van der Waals surface area contributed by atoms with Crippen molar-refractivity contribution in [1.82, 2.24) is 5.16 Å². The summed E-state index contributed by atoms with van der Waals surface area (Å²) >= 11 is 0. The van der Waals surface area contributed by atoms with Crippen LogP contribution in [0.25, 0.3) is 11.3 Å². The molecule has 1 aliphatic heterocycles. The van der Waals surface area contributed by atoms with Gasteiger partial charge in [-0.15, -0.1) is 0 Å². The van der Waals surface area contributed by atoms with Gasteiger partial charge in [-0.1, -0.05) is 11.2 Å². The van der Waals surface area contributed by atoms with E-state index in [0.29, 0.717) is 6.61 Å². The second-order valence-electron chi connectivity index (χ2n) is 3.97. The predicted octanol–water partition coefficient (Wildman–Crippen LogP) is 2.71. The Kier molecular flexibility index (Phi) is 2.48. The zero-order chi connectivity index (χ0) is 11.7. The molecule has 0 aliphatic carbocycles. The van der Waals surface area contributed by atoms with Crippen LogP contribution in [0.2, 0.25) is 0 Å². The SMILES string of the molecule is CCOc1cccc2c1NCCc1cnoc1-2. The molecule has 0 spiro atoms. The van der Waals surface area contributed by atoms with Gasteiger partial charge in [0, 0.05) is 17.7 Å². The number of benzene rings is 1. The van der Waals surface area contributed by atoms with E-state index < -0.39 is 0 Å². The Morgan fingerprint density at radius 3 is 3.29 bits per heavy atom. The Morgan fingerprint density at radius 1 is 1.47 bits per heavy atom. The summed E-state index contributed by atoms with van der Waals surface area (Å²) in [5.41, 5.74) is 3.18. The Bertz CT molecular complexity index is 534. The Morgan fingerprint density at radius 2 is 2.41 bits per heavy atom. The van der Waals surface area contributed by atoms with Crippen LogP contribution < -0.4 is 10.1 Å². The van der Waals surface area contributed by atoms with E-state index in [1.54, 1.807) is 6.20 Å². The van der Waals surface area contributed by atoms with Gasteiger partial charge in [0.1, 0.15) is 5.75 Å². The molecule has 1 aromatic heterocycles. The monoisotopic (exact) mass is 230 g/mol. The maximum Gasteiger partial charge on any atom is 0.172 e. The molecule has 1 aliphatic rings. The van der Waals surface area contributed by atoms with Crippen molar-refractivity contribution in [2.75, 3.05) is 18.5 Å². The molecule has 0 saturated heterocycles. The minimum absolute atomic E-state index is 0.654. The van der Waals surface area contributed by atoms with Crippen molar-refractivity contribution in [3.8, 4) is 17.1 Å². The van der Waals surface area contributed by atoms with Crippen LogP contribution in [-0.2, 0) is 6.42 Å². The van der Waals surface area contributed by atoms with Crippen molar-refractivity contribution in [3.05, 3.63) is 30.0 Å². The molecule has 0 atom stereocenters. The van der Waals surface area contributed by atoms with Gasteiger partial charge in [-0.25, -0.2) is 0 Å². The van der Waals surface area contributed by atoms with Gasteiger partial charge in [-0.2, -0.15) is 0 Å². The summed E-state index contributed by atoms with van der Waals surface area (Å²) in [6.07, 6.45) is 2.71. The van der Waals surface area contributed by atoms with E-state index in [9.17, 15) is 0 Å². The van der Waals surface area contributed by atoms with Crippen molar-refractivity contribution >= 4 is 5.69 Å². The maximum atomic E-state index is 5.63. The van der Waals surface area contributed by atoms with Crippen molar-refractivity contribution in [2.45, 2.75) is 13.3 Å². The molecule has 4 nitrogen and oxygen atoms in total. The van der Waals surface area contributed by atoms with E-state index in [-0.39, 0.29) is 0 Å². The van der Waals surface area contributed by atoms with E-state index in [1.165, 1.54) is 0 Å². The topological polar surface area (TPSA) is 47.3 Å². The fourth-order valence-corrected chi connectivity index (χ4v) is 2.16. The number of nitrogens with one attached hydrogen (secondary N) is 1. The molecular formula is C13H14N2O2. The second-order valence-corrected chi connectivity index (χ2v) is 3.97. The first-order valence-corrected chi connectivity index (χ1v) is 5.83. The lowest BCUT2D eigenvalue weighted by molar-refractivity contribution is 0.341. The van der Waals surface area contributed by atoms with Gasteiger partial charge in [0.2, 0.25) is 0 Å². The Hall–Kier alpha value is -1.97. The fraction of sp³-hybridized carbons (Fsp3) is 0.308. The van der Waals surface area contributed by atoms with Crippen LogP contribution in [0, 0.1) is 0 Å². The highest BCUT2D eigenvalue weighted by Gasteiger charge is 2.20. The van der Waals surface area contributed by atoms with Crippen LogP contribution in [0.5, 0.6) is 5.75 Å². The molecule has 0 saturated carbocycles. The fourth-order valence-electron chi connectivity index (χ4n) is 2.16. The summed E-state index contributed by atoms with van der Waals surface area (Å²) in [6, 6.07) is 5.97. The summed E-state index contributed by atoms with van der Waals surface area (Å²) in [6.45, 7) is 3.50. The maximum absolute atomic E-state index is 5.63. The van der Waals surface area contributed by atoms with Crippen LogP contribution in [0.1, 0.15) is 12.5 Å². The largest absolute Gasteiger partial charge is 0.492 e. The van der Waals surface area contributed by atoms with Crippen molar-refractivity contribution in [2.24, 2.45) is 0 Å². The quantitative estimate of drug-likeness (QED) is 0.861. The van der Waals surface area contributed by atoms with Crippen molar-refractivity contribution < 1.29 is 9.26 Å². The molecule has 4 heteroatoms. The number of para-hydroxylation sites is 1. The van der Waals surface area contributed by atoms with Gasteiger partial charge in [-0.3, -0.25) is 0 Å². The van der Waals surface area contributed by atoms with Crippen LogP contribution in [0.4, 0.5) is 5.69 Å². The third-order valence-electron chi connectivity index (χ3n) is 2.91. The van der Waals surface area contributed by atoms with E-state index in [4.69, 9.17) is 9.26 Å². The second kappa shape index (κ2) is 4.13. The highest BCUT2D eigenvalue weighted by Crippen LogP contribution is 2.39. The van der Waals surface area contributed by atoms with Crippen molar-refractivity contribution in [1.29, 1.82) is 0 Å². The smallest absolute Gasteiger partial charge is 0.172 e. The van der Waals surface area contributed by atoms with Gasteiger partial charge < -0.3 is 14.6 Å². The molecule has 88 valence electrons. The molecule has 2 heterocycles. The molecule has 17 heavy (non-hydrogen) atoms. The van der Waals surface area contributed by atoms with E-state index in [0.717, 1.165) is 41.3 Å². The van der Waals surface area contributed by atoms with Crippen molar-refractivity contribution in [3.63, 3.8) is 0 Å². The lowest BCUT2D eigenvalue weighted by atomic mass is 10.1. The number of aromatic nitrogens is 1. The van der Waals surface area contributed by atoms with Gasteiger partial charge in [0.05, 0.1) is 18.5 Å². The van der Waals surface area contributed by atoms with Crippen LogP contribution in [-0.4, -0.2) is 18.3 Å². The van der Waals surface area contributed by atoms with Crippen LogP contribution >= 0.6 is 0 Å². The first-order valence-electron chi connectivity index (χ1n) is 5.83. The average Bonchev–Trinajstić information content (AvgIpc) is 2.73. The average molecular weight is 230 g/mol. The molecule has 0 unspecified atom stereocenters. The minimum Gasteiger partial charge on any atom is -0.492 e. The molecule has 0 amide bonds. The molecule has 1 N–H and O–H groups in total. The first kappa shape index (κ1) is 10.2. The van der Waals surface area contributed by atoms with Crippen LogP contribution in [0.3, 0.4) is 0 Å². The Labute approximate surface area is 99.6 Å². The van der Waals surface area contributed by atoms with Gasteiger partial charge in [0.25, 0.3) is 0 Å². The van der Waals surface area contributed by atoms with Gasteiger partial charge in [0.15, 0.2) is 5.76 Å². The highest BCUT2D eigenvalue weighted by atomic mass is 16.5. The molecule has 0 radical (unpaired) electrons. The summed E-state index contributed by atoms with van der Waals surface area (Å²) in [5, 5.41) is 7.28. The van der Waals surface area contributed by atoms with Crippen LogP contribution in [0.15, 0.2) is 28.9 Å². The molecule has 0 bridgehead atoms. The number of fused-ring (bicyclic) bond motifs is 3. The molecule has 3 rings (SSSR count). The number of anilines is 1. The van der Waals surface area contributed by atoms with Gasteiger partial charge in [-0.05, 0) is 25.5 Å². The molecule has 0 fully saturated rings. The standard InChI is InChI=1S/C13H14N2O2/c1-2-16-11-5-3-4-10-12(11)14-7-6-9-8-15-17-13(9)10/h3-5,8,14H,2,6-7H2,1H3. The van der Waals surface area contributed by atoms with Gasteiger partial charge >= 0.3 is 0 Å². The summed E-state index contributed by atoms with van der Waals surface area (Å²) in [5.74, 6) is 1.72. The number of hydrogen-bond acceptors (Lipinski definition) is 4. The zero-order valence-corrected chi connectivity index (χ0v) is 9.69. The number of nitrogens with zero attached hydrogens (tertiary/aromatic N) is 1. The molecule has 1 aromatic carbocycles. The van der Waals surface area contributed by atoms with E-state index in [1.807, 2.05) is 25.1 Å². The highest BCUT2D eigenvalue weighted by molar-refractivity contribution is 5.82. The summed E-state index contributed by atoms with van der Waals surface area (Å²) in [7, 11) is 0.